The zero-order chi connectivity index (χ0) is 16.2. The van der Waals surface area contributed by atoms with Crippen LogP contribution in [0, 0.1) is 20.8 Å². The smallest absolute Gasteiger partial charge is 0.323 e. The Morgan fingerprint density at radius 2 is 1.43 bits per heavy atom. The van der Waals surface area contributed by atoms with Gasteiger partial charge in [-0.1, -0.05) is 17.7 Å². The highest BCUT2D eigenvalue weighted by molar-refractivity contribution is 5.94. The summed E-state index contributed by atoms with van der Waals surface area (Å²) in [5.41, 5.74) is 3.25. The van der Waals surface area contributed by atoms with Crippen LogP contribution in [-0.4, -0.2) is 46.2 Å². The number of carbonyl (C=O) groups is 3. The van der Waals surface area contributed by atoms with Gasteiger partial charge in [-0.15, -0.1) is 0 Å². The van der Waals surface area contributed by atoms with E-state index in [1.54, 1.807) is 0 Å². The van der Waals surface area contributed by atoms with Crippen LogP contribution >= 0.6 is 0 Å². The van der Waals surface area contributed by atoms with Gasteiger partial charge in [0.1, 0.15) is 13.1 Å². The van der Waals surface area contributed by atoms with Crippen LogP contribution in [0.1, 0.15) is 16.7 Å². The number of anilines is 1. The molecule has 0 aliphatic heterocycles. The first kappa shape index (κ1) is 16.5. The molecule has 0 saturated carbocycles. The lowest BCUT2D eigenvalue weighted by Crippen LogP contribution is -2.42. The van der Waals surface area contributed by atoms with E-state index in [2.05, 4.69) is 5.32 Å². The highest BCUT2D eigenvalue weighted by Crippen LogP contribution is 2.22. The molecule has 0 heterocycles. The van der Waals surface area contributed by atoms with Crippen molar-refractivity contribution in [3.8, 4) is 0 Å². The molecule has 0 atom stereocenters. The summed E-state index contributed by atoms with van der Waals surface area (Å²) in [6, 6.07) is 3.00. The molecule has 0 saturated heterocycles. The van der Waals surface area contributed by atoms with E-state index in [0.717, 1.165) is 21.6 Å². The number of aliphatic carboxylic acids is 2. The van der Waals surface area contributed by atoms with Crippen LogP contribution in [0.3, 0.4) is 0 Å². The number of rotatable bonds is 5. The number of nitrogens with one attached hydrogen (secondary N) is 1. The molecule has 0 radical (unpaired) electrons. The lowest BCUT2D eigenvalue weighted by Gasteiger charge is -2.21. The van der Waals surface area contributed by atoms with E-state index in [0.29, 0.717) is 5.69 Å². The minimum absolute atomic E-state index is 0.561. The predicted molar refractivity (Wildman–Crippen MR) is 76.5 cm³/mol. The molecule has 7 heteroatoms. The molecule has 0 aliphatic rings. The van der Waals surface area contributed by atoms with Gasteiger partial charge in [-0.3, -0.25) is 9.59 Å². The van der Waals surface area contributed by atoms with Gasteiger partial charge < -0.3 is 20.4 Å². The van der Waals surface area contributed by atoms with Gasteiger partial charge in [-0.2, -0.15) is 0 Å². The summed E-state index contributed by atoms with van der Waals surface area (Å²) in [4.78, 5) is 34.2. The van der Waals surface area contributed by atoms with Crippen LogP contribution in [0.2, 0.25) is 0 Å². The summed E-state index contributed by atoms with van der Waals surface area (Å²) in [6.45, 7) is 4.19. The second kappa shape index (κ2) is 6.74. The maximum absolute atomic E-state index is 12.1. The van der Waals surface area contributed by atoms with Crippen LogP contribution in [0.15, 0.2) is 12.1 Å². The quantitative estimate of drug-likeness (QED) is 0.765. The Hall–Kier alpha value is -2.57. The van der Waals surface area contributed by atoms with Gasteiger partial charge in [-0.05, 0) is 31.9 Å². The average Bonchev–Trinajstić information content (AvgIpc) is 2.31. The van der Waals surface area contributed by atoms with Gasteiger partial charge in [0.25, 0.3) is 0 Å². The van der Waals surface area contributed by atoms with E-state index >= 15 is 0 Å². The SMILES string of the molecule is Cc1cc(C)c(NC(=O)N(CC(=O)O)CC(=O)O)c(C)c1. The van der Waals surface area contributed by atoms with Crippen LogP contribution in [-0.2, 0) is 9.59 Å². The van der Waals surface area contributed by atoms with Crippen molar-refractivity contribution >= 4 is 23.7 Å². The molecule has 21 heavy (non-hydrogen) atoms. The van der Waals surface area contributed by atoms with E-state index in [1.807, 2.05) is 32.9 Å². The number of carboxylic acid groups (broad SMARTS) is 2. The molecular weight excluding hydrogens is 276 g/mol. The second-order valence-electron chi connectivity index (χ2n) is 4.85. The number of carbonyl (C=O) groups excluding carboxylic acids is 1. The largest absolute Gasteiger partial charge is 0.480 e. The third-order valence-electron chi connectivity index (χ3n) is 2.85. The number of nitrogens with zero attached hydrogens (tertiary/aromatic N) is 1. The van der Waals surface area contributed by atoms with Gasteiger partial charge in [0.05, 0.1) is 0 Å². The van der Waals surface area contributed by atoms with Gasteiger partial charge in [-0.25, -0.2) is 4.79 Å². The summed E-state index contributed by atoms with van der Waals surface area (Å²) < 4.78 is 0. The molecule has 0 fully saturated rings. The fraction of sp³-hybridized carbons (Fsp3) is 0.357. The summed E-state index contributed by atoms with van der Waals surface area (Å²) in [6.07, 6.45) is 0. The number of hydrogen-bond acceptors (Lipinski definition) is 3. The lowest BCUT2D eigenvalue weighted by molar-refractivity contribution is -0.140. The minimum atomic E-state index is -1.27. The molecule has 0 aromatic heterocycles. The number of urea groups is 1. The first-order valence-electron chi connectivity index (χ1n) is 6.28. The van der Waals surface area contributed by atoms with Crippen LogP contribution in [0.4, 0.5) is 10.5 Å². The molecular formula is C14H18N2O5. The van der Waals surface area contributed by atoms with Gasteiger partial charge in [0.2, 0.25) is 0 Å². The lowest BCUT2D eigenvalue weighted by atomic mass is 10.1. The summed E-state index contributed by atoms with van der Waals surface area (Å²) in [7, 11) is 0. The Balaban J connectivity index is 2.96. The molecule has 114 valence electrons. The highest BCUT2D eigenvalue weighted by Gasteiger charge is 2.20. The molecule has 1 aromatic carbocycles. The van der Waals surface area contributed by atoms with Crippen molar-refractivity contribution in [1.29, 1.82) is 0 Å². The standard InChI is InChI=1S/C14H18N2O5/c1-8-4-9(2)13(10(3)5-8)15-14(21)16(6-11(17)18)7-12(19)20/h4-5H,6-7H2,1-3H3,(H,15,21)(H,17,18)(H,19,20). The van der Waals surface area contributed by atoms with Crippen LogP contribution < -0.4 is 5.32 Å². The van der Waals surface area contributed by atoms with E-state index in [-0.39, 0.29) is 0 Å². The Kier molecular flexibility index (Phi) is 5.29. The Morgan fingerprint density at radius 1 is 1.00 bits per heavy atom. The molecule has 0 bridgehead atoms. The van der Waals surface area contributed by atoms with Crippen molar-refractivity contribution in [2.75, 3.05) is 18.4 Å². The fourth-order valence-corrected chi connectivity index (χ4v) is 2.09. The van der Waals surface area contributed by atoms with Crippen molar-refractivity contribution in [1.82, 2.24) is 4.90 Å². The molecule has 0 unspecified atom stereocenters. The zero-order valence-electron chi connectivity index (χ0n) is 12.1. The van der Waals surface area contributed by atoms with Crippen molar-refractivity contribution < 1.29 is 24.6 Å². The maximum Gasteiger partial charge on any atom is 0.323 e. The van der Waals surface area contributed by atoms with E-state index in [9.17, 15) is 14.4 Å². The third-order valence-corrected chi connectivity index (χ3v) is 2.85. The average molecular weight is 294 g/mol. The molecule has 1 aromatic rings. The van der Waals surface area contributed by atoms with Gasteiger partial charge >= 0.3 is 18.0 Å². The Labute approximate surface area is 122 Å². The van der Waals surface area contributed by atoms with Crippen molar-refractivity contribution in [2.45, 2.75) is 20.8 Å². The van der Waals surface area contributed by atoms with E-state index < -0.39 is 31.1 Å². The third kappa shape index (κ3) is 4.79. The number of aryl methyl sites for hydroxylation is 3. The van der Waals surface area contributed by atoms with Crippen molar-refractivity contribution in [3.05, 3.63) is 28.8 Å². The van der Waals surface area contributed by atoms with E-state index in [1.165, 1.54) is 0 Å². The van der Waals surface area contributed by atoms with E-state index in [4.69, 9.17) is 10.2 Å². The zero-order valence-corrected chi connectivity index (χ0v) is 12.1. The summed E-state index contributed by atoms with van der Waals surface area (Å²) in [5.74, 6) is -2.55. The van der Waals surface area contributed by atoms with Crippen LogP contribution in [0.25, 0.3) is 0 Å². The fourth-order valence-electron chi connectivity index (χ4n) is 2.09. The first-order chi connectivity index (χ1) is 9.70. The van der Waals surface area contributed by atoms with Gasteiger partial charge in [0.15, 0.2) is 0 Å². The Bertz CT molecular complexity index is 544. The number of carboxylic acids is 2. The Morgan fingerprint density at radius 3 is 1.81 bits per heavy atom. The summed E-state index contributed by atoms with van der Waals surface area (Å²) in [5, 5.41) is 20.1. The monoisotopic (exact) mass is 294 g/mol. The molecule has 7 nitrogen and oxygen atoms in total. The number of amides is 2. The predicted octanol–water partition coefficient (Wildman–Crippen LogP) is 1.61. The molecule has 0 spiro atoms. The highest BCUT2D eigenvalue weighted by atomic mass is 16.4. The molecule has 0 aliphatic carbocycles. The van der Waals surface area contributed by atoms with Crippen LogP contribution in [0.5, 0.6) is 0 Å². The molecule has 3 N–H and O–H groups in total. The molecule has 2 amide bonds. The van der Waals surface area contributed by atoms with Crippen molar-refractivity contribution in [3.63, 3.8) is 0 Å². The topological polar surface area (TPSA) is 107 Å². The number of benzene rings is 1. The summed E-state index contributed by atoms with van der Waals surface area (Å²) >= 11 is 0. The second-order valence-corrected chi connectivity index (χ2v) is 4.85. The first-order valence-corrected chi connectivity index (χ1v) is 6.28. The van der Waals surface area contributed by atoms with Crippen molar-refractivity contribution in [2.24, 2.45) is 0 Å². The van der Waals surface area contributed by atoms with Gasteiger partial charge in [0, 0.05) is 5.69 Å². The molecule has 1 rings (SSSR count). The maximum atomic E-state index is 12.1. The minimum Gasteiger partial charge on any atom is -0.480 e. The normalized spacial score (nSPS) is 10.0. The number of hydrogen-bond donors (Lipinski definition) is 3.